The molecule has 0 spiro atoms. The van der Waals surface area contributed by atoms with E-state index in [-0.39, 0.29) is 6.10 Å². The Bertz CT molecular complexity index is 480. The summed E-state index contributed by atoms with van der Waals surface area (Å²) in [7, 11) is 0. The summed E-state index contributed by atoms with van der Waals surface area (Å²) in [5, 5.41) is 12.2. The molecule has 0 saturated carbocycles. The Labute approximate surface area is 113 Å². The Kier molecular flexibility index (Phi) is 5.14. The van der Waals surface area contributed by atoms with Gasteiger partial charge >= 0.3 is 0 Å². The van der Waals surface area contributed by atoms with Crippen LogP contribution in [-0.4, -0.2) is 10.1 Å². The first-order valence-corrected chi connectivity index (χ1v) is 7.70. The normalized spacial score (nSPS) is 13.0. The van der Waals surface area contributed by atoms with Crippen LogP contribution in [0.2, 0.25) is 0 Å². The number of aromatic nitrogens is 1. The smallest absolute Gasteiger partial charge is 0.0809 e. The number of unbranched alkanes of at least 4 members (excludes halogenated alkanes) is 4. The third-order valence-corrected chi connectivity index (χ3v) is 4.14. The van der Waals surface area contributed by atoms with Crippen molar-refractivity contribution < 1.29 is 5.11 Å². The number of aliphatic hydroxyl groups excluding tert-OH is 1. The van der Waals surface area contributed by atoms with Gasteiger partial charge in [0.15, 0.2) is 0 Å². The topological polar surface area (TPSA) is 33.1 Å². The van der Waals surface area contributed by atoms with Gasteiger partial charge in [0.2, 0.25) is 0 Å². The molecule has 2 nitrogen and oxygen atoms in total. The van der Waals surface area contributed by atoms with Crippen LogP contribution in [-0.2, 0) is 0 Å². The highest BCUT2D eigenvalue weighted by Gasteiger charge is 2.09. The average molecular weight is 263 g/mol. The van der Waals surface area contributed by atoms with Crippen molar-refractivity contribution in [2.24, 2.45) is 0 Å². The van der Waals surface area contributed by atoms with Crippen LogP contribution < -0.4 is 0 Å². The van der Waals surface area contributed by atoms with E-state index in [1.165, 1.54) is 25.7 Å². The second-order valence-electron chi connectivity index (χ2n) is 4.79. The molecule has 0 aliphatic carbocycles. The van der Waals surface area contributed by atoms with Crippen molar-refractivity contribution in [2.45, 2.75) is 51.6 Å². The van der Waals surface area contributed by atoms with Crippen molar-refractivity contribution >= 4 is 21.6 Å². The lowest BCUT2D eigenvalue weighted by atomic mass is 10.0. The van der Waals surface area contributed by atoms with Gasteiger partial charge in [0.05, 0.1) is 16.3 Å². The van der Waals surface area contributed by atoms with Crippen LogP contribution in [0.3, 0.4) is 0 Å². The molecular weight excluding hydrogens is 242 g/mol. The largest absolute Gasteiger partial charge is 0.388 e. The van der Waals surface area contributed by atoms with Gasteiger partial charge in [-0.3, -0.25) is 4.98 Å². The first kappa shape index (κ1) is 13.5. The molecule has 2 aromatic heterocycles. The van der Waals surface area contributed by atoms with Crippen LogP contribution in [0.4, 0.5) is 0 Å². The van der Waals surface area contributed by atoms with Crippen LogP contribution in [0.1, 0.15) is 57.1 Å². The van der Waals surface area contributed by atoms with E-state index >= 15 is 0 Å². The van der Waals surface area contributed by atoms with E-state index < -0.39 is 0 Å². The second kappa shape index (κ2) is 6.86. The number of rotatable bonds is 7. The molecule has 0 bridgehead atoms. The Morgan fingerprint density at radius 1 is 1.28 bits per heavy atom. The van der Waals surface area contributed by atoms with Crippen LogP contribution in [0.25, 0.3) is 10.2 Å². The summed E-state index contributed by atoms with van der Waals surface area (Å²) >= 11 is 1.68. The number of thiophene rings is 1. The molecule has 0 aliphatic heterocycles. The van der Waals surface area contributed by atoms with Gasteiger partial charge in [-0.25, -0.2) is 0 Å². The van der Waals surface area contributed by atoms with E-state index in [1.54, 1.807) is 11.3 Å². The number of hydrogen-bond acceptors (Lipinski definition) is 3. The molecular formula is C15H21NOS. The summed E-state index contributed by atoms with van der Waals surface area (Å²) in [6.45, 7) is 2.22. The molecule has 1 atom stereocenters. The fourth-order valence-corrected chi connectivity index (χ4v) is 2.94. The zero-order valence-electron chi connectivity index (χ0n) is 10.9. The molecule has 0 aliphatic rings. The molecule has 1 N–H and O–H groups in total. The van der Waals surface area contributed by atoms with Gasteiger partial charge < -0.3 is 5.11 Å². The standard InChI is InChI=1S/C15H21NOS/c1-2-3-4-5-6-7-14(17)12-10-15-13(16-11-12)8-9-18-15/h8-11,14,17H,2-7H2,1H3. The zero-order valence-corrected chi connectivity index (χ0v) is 11.7. The lowest BCUT2D eigenvalue weighted by Gasteiger charge is -2.10. The summed E-state index contributed by atoms with van der Waals surface area (Å²) in [4.78, 5) is 4.37. The molecule has 2 aromatic rings. The van der Waals surface area contributed by atoms with Crippen LogP contribution in [0.5, 0.6) is 0 Å². The van der Waals surface area contributed by atoms with E-state index in [4.69, 9.17) is 0 Å². The Morgan fingerprint density at radius 3 is 2.94 bits per heavy atom. The number of fused-ring (bicyclic) bond motifs is 1. The predicted molar refractivity (Wildman–Crippen MR) is 78.0 cm³/mol. The van der Waals surface area contributed by atoms with Gasteiger partial charge in [0, 0.05) is 11.8 Å². The molecule has 3 heteroatoms. The molecule has 0 radical (unpaired) electrons. The third-order valence-electron chi connectivity index (χ3n) is 3.29. The zero-order chi connectivity index (χ0) is 12.8. The van der Waals surface area contributed by atoms with Crippen LogP contribution in [0, 0.1) is 0 Å². The van der Waals surface area contributed by atoms with Gasteiger partial charge in [0.1, 0.15) is 0 Å². The fraction of sp³-hybridized carbons (Fsp3) is 0.533. The third kappa shape index (κ3) is 3.53. The fourth-order valence-electron chi connectivity index (χ4n) is 2.15. The van der Waals surface area contributed by atoms with Gasteiger partial charge in [0.25, 0.3) is 0 Å². The molecule has 0 fully saturated rings. The SMILES string of the molecule is CCCCCCCC(O)c1cnc2ccsc2c1. The lowest BCUT2D eigenvalue weighted by Crippen LogP contribution is -1.98. The molecule has 0 aromatic carbocycles. The first-order valence-electron chi connectivity index (χ1n) is 6.82. The minimum absolute atomic E-state index is 0.356. The summed E-state index contributed by atoms with van der Waals surface area (Å²) in [5.41, 5.74) is 1.99. The molecule has 0 amide bonds. The highest BCUT2D eigenvalue weighted by molar-refractivity contribution is 7.17. The minimum Gasteiger partial charge on any atom is -0.388 e. The van der Waals surface area contributed by atoms with Crippen molar-refractivity contribution in [2.75, 3.05) is 0 Å². The van der Waals surface area contributed by atoms with Crippen molar-refractivity contribution in [3.05, 3.63) is 29.3 Å². The van der Waals surface area contributed by atoms with E-state index in [0.29, 0.717) is 0 Å². The number of pyridine rings is 1. The summed E-state index contributed by atoms with van der Waals surface area (Å²) in [5.74, 6) is 0. The molecule has 1 unspecified atom stereocenters. The van der Waals surface area contributed by atoms with E-state index in [1.807, 2.05) is 17.6 Å². The van der Waals surface area contributed by atoms with Gasteiger partial charge in [-0.2, -0.15) is 0 Å². The van der Waals surface area contributed by atoms with E-state index in [9.17, 15) is 5.11 Å². The van der Waals surface area contributed by atoms with Crippen molar-refractivity contribution in [1.29, 1.82) is 0 Å². The lowest BCUT2D eigenvalue weighted by molar-refractivity contribution is 0.163. The Morgan fingerprint density at radius 2 is 2.11 bits per heavy atom. The molecule has 18 heavy (non-hydrogen) atoms. The highest BCUT2D eigenvalue weighted by atomic mass is 32.1. The molecule has 98 valence electrons. The highest BCUT2D eigenvalue weighted by Crippen LogP contribution is 2.25. The minimum atomic E-state index is -0.356. The maximum absolute atomic E-state index is 10.1. The predicted octanol–water partition coefficient (Wildman–Crippen LogP) is 4.69. The first-order chi connectivity index (χ1) is 8.81. The van der Waals surface area contributed by atoms with Crippen molar-refractivity contribution in [3.8, 4) is 0 Å². The van der Waals surface area contributed by atoms with Gasteiger partial charge in [-0.05, 0) is 23.9 Å². The number of aliphatic hydroxyl groups is 1. The molecule has 2 rings (SSSR count). The Hall–Kier alpha value is -0.930. The number of nitrogens with zero attached hydrogens (tertiary/aromatic N) is 1. The van der Waals surface area contributed by atoms with Crippen molar-refractivity contribution in [3.63, 3.8) is 0 Å². The van der Waals surface area contributed by atoms with E-state index in [2.05, 4.69) is 18.0 Å². The van der Waals surface area contributed by atoms with Crippen LogP contribution in [0.15, 0.2) is 23.7 Å². The summed E-state index contributed by atoms with van der Waals surface area (Å²) in [6, 6.07) is 4.09. The average Bonchev–Trinajstić information content (AvgIpc) is 2.85. The van der Waals surface area contributed by atoms with E-state index in [0.717, 1.165) is 28.6 Å². The molecule has 2 heterocycles. The van der Waals surface area contributed by atoms with Crippen molar-refractivity contribution in [1.82, 2.24) is 4.98 Å². The van der Waals surface area contributed by atoms with Gasteiger partial charge in [-0.15, -0.1) is 11.3 Å². The Balaban J connectivity index is 1.85. The maximum atomic E-state index is 10.1. The quantitative estimate of drug-likeness (QED) is 0.735. The van der Waals surface area contributed by atoms with Gasteiger partial charge in [-0.1, -0.05) is 39.0 Å². The monoisotopic (exact) mass is 263 g/mol. The second-order valence-corrected chi connectivity index (χ2v) is 5.74. The molecule has 0 saturated heterocycles. The summed E-state index contributed by atoms with van der Waals surface area (Å²) in [6.07, 6.45) is 8.48. The number of hydrogen-bond donors (Lipinski definition) is 1. The maximum Gasteiger partial charge on any atom is 0.0809 e. The van der Waals surface area contributed by atoms with Crippen LogP contribution >= 0.6 is 11.3 Å². The summed E-state index contributed by atoms with van der Waals surface area (Å²) < 4.78 is 1.16.